The van der Waals surface area contributed by atoms with Crippen LogP contribution in [0.3, 0.4) is 0 Å². The number of hydrogen-bond acceptors (Lipinski definition) is 3. The number of nitrogens with zero attached hydrogens (tertiary/aromatic N) is 2. The Labute approximate surface area is 231 Å². The van der Waals surface area contributed by atoms with Gasteiger partial charge in [-0.15, -0.1) is 0 Å². The first-order chi connectivity index (χ1) is 19.1. The summed E-state index contributed by atoms with van der Waals surface area (Å²) in [5.41, 5.74) is 19.7. The Balaban J connectivity index is 1.40. The van der Waals surface area contributed by atoms with Gasteiger partial charge in [-0.2, -0.15) is 0 Å². The van der Waals surface area contributed by atoms with Gasteiger partial charge in [0.2, 0.25) is 5.95 Å². The van der Waals surface area contributed by atoms with E-state index >= 15 is 0 Å². The molecule has 0 radical (unpaired) electrons. The summed E-state index contributed by atoms with van der Waals surface area (Å²) in [5, 5.41) is 0.682. The van der Waals surface area contributed by atoms with Crippen LogP contribution in [0.1, 0.15) is 22.3 Å². The third-order valence-electron chi connectivity index (χ3n) is 8.18. The number of fused-ring (bicyclic) bond motifs is 10. The van der Waals surface area contributed by atoms with E-state index in [1.807, 2.05) is 30.3 Å². The molecule has 2 aliphatic carbocycles. The van der Waals surface area contributed by atoms with Gasteiger partial charge in [-0.1, -0.05) is 109 Å². The summed E-state index contributed by atoms with van der Waals surface area (Å²) in [6.45, 7) is 0. The molecular formula is C35H22ClN3. The van der Waals surface area contributed by atoms with E-state index in [4.69, 9.17) is 17.3 Å². The van der Waals surface area contributed by atoms with Crippen molar-refractivity contribution in [2.75, 3.05) is 5.73 Å². The summed E-state index contributed by atoms with van der Waals surface area (Å²) in [7, 11) is 0. The van der Waals surface area contributed by atoms with Crippen molar-refractivity contribution in [3.8, 4) is 44.8 Å². The molecule has 2 N–H and O–H groups in total. The Morgan fingerprint density at radius 1 is 0.487 bits per heavy atom. The van der Waals surface area contributed by atoms with Crippen LogP contribution in [0.15, 0.2) is 121 Å². The first kappa shape index (κ1) is 22.3. The molecule has 0 atom stereocenters. The second-order valence-corrected chi connectivity index (χ2v) is 10.6. The molecule has 6 aromatic rings. The van der Waals surface area contributed by atoms with Gasteiger partial charge in [-0.25, -0.2) is 9.97 Å². The van der Waals surface area contributed by atoms with Crippen LogP contribution in [0.4, 0.5) is 5.95 Å². The average Bonchev–Trinajstić information content (AvgIpc) is 3.44. The lowest BCUT2D eigenvalue weighted by molar-refractivity contribution is 0.794. The molecule has 1 heterocycles. The van der Waals surface area contributed by atoms with E-state index in [2.05, 4.69) is 101 Å². The Morgan fingerprint density at radius 3 is 1.51 bits per heavy atom. The summed E-state index contributed by atoms with van der Waals surface area (Å²) in [4.78, 5) is 9.18. The third kappa shape index (κ3) is 3.05. The van der Waals surface area contributed by atoms with Crippen LogP contribution in [0.5, 0.6) is 0 Å². The number of anilines is 1. The van der Waals surface area contributed by atoms with Crippen LogP contribution in [0.25, 0.3) is 44.8 Å². The lowest BCUT2D eigenvalue weighted by atomic mass is 9.70. The number of benzene rings is 5. The summed E-state index contributed by atoms with van der Waals surface area (Å²) >= 11 is 6.12. The van der Waals surface area contributed by atoms with Gasteiger partial charge in [-0.05, 0) is 68.8 Å². The number of hydrogen-bond donors (Lipinski definition) is 1. The van der Waals surface area contributed by atoms with E-state index in [1.54, 1.807) is 0 Å². The standard InChI is InChI=1S/C35H22ClN3/c36-23-16-13-21(14-17-23)32-20-33(39-34(37)38-32)22-15-18-27-26-9-3-6-12-30(26)35(31(27)19-22)28-10-4-1-7-24(28)25-8-2-5-11-29(25)35/h1-20H,(H2,37,38,39). The summed E-state index contributed by atoms with van der Waals surface area (Å²) in [6.07, 6.45) is 0. The minimum Gasteiger partial charge on any atom is -0.368 e. The molecule has 1 spiro atoms. The molecule has 5 aromatic carbocycles. The molecular weight excluding hydrogens is 498 g/mol. The van der Waals surface area contributed by atoms with E-state index in [1.165, 1.54) is 44.5 Å². The van der Waals surface area contributed by atoms with Crippen molar-refractivity contribution in [3.63, 3.8) is 0 Å². The van der Waals surface area contributed by atoms with Crippen molar-refractivity contribution in [1.82, 2.24) is 9.97 Å². The number of nitrogen functional groups attached to an aromatic ring is 1. The highest BCUT2D eigenvalue weighted by Crippen LogP contribution is 2.62. The fourth-order valence-corrected chi connectivity index (χ4v) is 6.76. The SMILES string of the molecule is Nc1nc(-c2ccc(Cl)cc2)cc(-c2ccc3c(c2)C2(c4ccccc4-c4ccccc42)c2ccccc2-3)n1. The first-order valence-corrected chi connectivity index (χ1v) is 13.4. The largest absolute Gasteiger partial charge is 0.368 e. The summed E-state index contributed by atoms with van der Waals surface area (Å²) in [5.74, 6) is 0.243. The maximum Gasteiger partial charge on any atom is 0.221 e. The van der Waals surface area contributed by atoms with Crippen LogP contribution < -0.4 is 5.73 Å². The second-order valence-electron chi connectivity index (χ2n) is 10.2. The van der Waals surface area contributed by atoms with Gasteiger partial charge in [0.1, 0.15) is 0 Å². The average molecular weight is 520 g/mol. The van der Waals surface area contributed by atoms with E-state index in [9.17, 15) is 0 Å². The molecule has 0 saturated carbocycles. The van der Waals surface area contributed by atoms with Crippen molar-refractivity contribution < 1.29 is 0 Å². The number of halogens is 1. The fraction of sp³-hybridized carbons (Fsp3) is 0.0286. The van der Waals surface area contributed by atoms with E-state index in [-0.39, 0.29) is 5.95 Å². The number of aromatic nitrogens is 2. The monoisotopic (exact) mass is 519 g/mol. The highest BCUT2D eigenvalue weighted by Gasteiger charge is 2.51. The van der Waals surface area contributed by atoms with Gasteiger partial charge >= 0.3 is 0 Å². The van der Waals surface area contributed by atoms with Crippen LogP contribution in [0, 0.1) is 0 Å². The zero-order valence-corrected chi connectivity index (χ0v) is 21.7. The third-order valence-corrected chi connectivity index (χ3v) is 8.43. The highest BCUT2D eigenvalue weighted by atomic mass is 35.5. The van der Waals surface area contributed by atoms with Gasteiger partial charge in [-0.3, -0.25) is 0 Å². The normalized spacial score (nSPS) is 13.6. The zero-order valence-electron chi connectivity index (χ0n) is 20.9. The van der Waals surface area contributed by atoms with E-state index in [0.29, 0.717) is 5.02 Å². The van der Waals surface area contributed by atoms with Crippen LogP contribution in [-0.4, -0.2) is 9.97 Å². The molecule has 0 saturated heterocycles. The van der Waals surface area contributed by atoms with Gasteiger partial charge in [0.25, 0.3) is 0 Å². The fourth-order valence-electron chi connectivity index (χ4n) is 6.64. The van der Waals surface area contributed by atoms with Crippen molar-refractivity contribution in [2.24, 2.45) is 0 Å². The predicted molar refractivity (Wildman–Crippen MR) is 159 cm³/mol. The molecule has 184 valence electrons. The lowest BCUT2D eigenvalue weighted by Crippen LogP contribution is -2.25. The van der Waals surface area contributed by atoms with Gasteiger partial charge in [0.05, 0.1) is 16.8 Å². The molecule has 8 rings (SSSR count). The molecule has 2 aliphatic rings. The van der Waals surface area contributed by atoms with Gasteiger partial charge in [0.15, 0.2) is 0 Å². The van der Waals surface area contributed by atoms with Crippen LogP contribution >= 0.6 is 11.6 Å². The molecule has 0 fully saturated rings. The van der Waals surface area contributed by atoms with E-state index in [0.717, 1.165) is 22.5 Å². The summed E-state index contributed by atoms with van der Waals surface area (Å²) in [6, 6.07) is 42.8. The maximum atomic E-state index is 6.24. The second kappa shape index (κ2) is 8.13. The Kier molecular flexibility index (Phi) is 4.64. The van der Waals surface area contributed by atoms with Crippen molar-refractivity contribution >= 4 is 17.5 Å². The van der Waals surface area contributed by atoms with Gasteiger partial charge in [0, 0.05) is 16.1 Å². The van der Waals surface area contributed by atoms with Crippen LogP contribution in [-0.2, 0) is 5.41 Å². The lowest BCUT2D eigenvalue weighted by Gasteiger charge is -2.30. The predicted octanol–water partition coefficient (Wildman–Crippen LogP) is 8.39. The number of rotatable bonds is 2. The highest BCUT2D eigenvalue weighted by molar-refractivity contribution is 6.30. The quantitative estimate of drug-likeness (QED) is 0.249. The molecule has 0 amide bonds. The topological polar surface area (TPSA) is 51.8 Å². The Hall–Kier alpha value is -4.73. The molecule has 4 heteroatoms. The zero-order chi connectivity index (χ0) is 26.1. The maximum absolute atomic E-state index is 6.24. The molecule has 0 aliphatic heterocycles. The molecule has 0 unspecified atom stereocenters. The summed E-state index contributed by atoms with van der Waals surface area (Å²) < 4.78 is 0. The minimum atomic E-state index is -0.396. The van der Waals surface area contributed by atoms with Crippen molar-refractivity contribution in [2.45, 2.75) is 5.41 Å². The van der Waals surface area contributed by atoms with Crippen molar-refractivity contribution in [3.05, 3.63) is 149 Å². The Bertz CT molecular complexity index is 1880. The molecule has 0 bridgehead atoms. The van der Waals surface area contributed by atoms with Gasteiger partial charge < -0.3 is 5.73 Å². The first-order valence-electron chi connectivity index (χ1n) is 13.0. The van der Waals surface area contributed by atoms with Crippen LogP contribution in [0.2, 0.25) is 5.02 Å². The molecule has 3 nitrogen and oxygen atoms in total. The van der Waals surface area contributed by atoms with E-state index < -0.39 is 5.41 Å². The number of nitrogens with two attached hydrogens (primary N) is 1. The smallest absolute Gasteiger partial charge is 0.221 e. The minimum absolute atomic E-state index is 0.243. The van der Waals surface area contributed by atoms with Crippen molar-refractivity contribution in [1.29, 1.82) is 0 Å². The molecule has 39 heavy (non-hydrogen) atoms. The Morgan fingerprint density at radius 2 is 0.949 bits per heavy atom. The molecule has 1 aromatic heterocycles.